The van der Waals surface area contributed by atoms with Crippen molar-refractivity contribution in [1.82, 2.24) is 10.3 Å². The summed E-state index contributed by atoms with van der Waals surface area (Å²) in [6, 6.07) is 6.85. The van der Waals surface area contributed by atoms with Gasteiger partial charge in [0, 0.05) is 30.9 Å². The Labute approximate surface area is 98.5 Å². The first kappa shape index (κ1) is 11.6. The van der Waals surface area contributed by atoms with Crippen molar-refractivity contribution in [3.63, 3.8) is 0 Å². The average Bonchev–Trinajstić information content (AvgIpc) is 3.13. The van der Waals surface area contributed by atoms with Gasteiger partial charge in [0.1, 0.15) is 0 Å². The fourth-order valence-electron chi connectivity index (χ4n) is 2.10. The zero-order valence-corrected chi connectivity index (χ0v) is 10.2. The van der Waals surface area contributed by atoms with Crippen LogP contribution in [0.3, 0.4) is 0 Å². The topological polar surface area (TPSA) is 24.9 Å². The second kappa shape index (κ2) is 6.00. The van der Waals surface area contributed by atoms with E-state index < -0.39 is 0 Å². The van der Waals surface area contributed by atoms with Gasteiger partial charge in [-0.3, -0.25) is 4.98 Å². The second-order valence-electron chi connectivity index (χ2n) is 4.81. The van der Waals surface area contributed by atoms with Gasteiger partial charge in [0.05, 0.1) is 0 Å². The zero-order valence-electron chi connectivity index (χ0n) is 10.2. The maximum atomic E-state index is 4.33. The minimum Gasteiger partial charge on any atom is -0.314 e. The standard InChI is InChI=1S/C14H22N2/c1-2-13(11-12-6-7-12)16-10-8-14-5-3-4-9-15-14/h3-5,9,12-13,16H,2,6-8,10-11H2,1H3. The van der Waals surface area contributed by atoms with Crippen molar-refractivity contribution >= 4 is 0 Å². The molecule has 2 heteroatoms. The van der Waals surface area contributed by atoms with Gasteiger partial charge in [-0.05, 0) is 30.9 Å². The van der Waals surface area contributed by atoms with Gasteiger partial charge in [0.2, 0.25) is 0 Å². The number of rotatable bonds is 7. The summed E-state index contributed by atoms with van der Waals surface area (Å²) in [4.78, 5) is 4.33. The maximum absolute atomic E-state index is 4.33. The highest BCUT2D eigenvalue weighted by molar-refractivity contribution is 5.03. The summed E-state index contributed by atoms with van der Waals surface area (Å²) >= 11 is 0. The summed E-state index contributed by atoms with van der Waals surface area (Å²) in [7, 11) is 0. The molecule has 1 N–H and O–H groups in total. The molecule has 1 unspecified atom stereocenters. The minimum absolute atomic E-state index is 0.719. The van der Waals surface area contributed by atoms with Gasteiger partial charge in [-0.15, -0.1) is 0 Å². The smallest absolute Gasteiger partial charge is 0.0416 e. The van der Waals surface area contributed by atoms with Crippen LogP contribution in [0, 0.1) is 5.92 Å². The van der Waals surface area contributed by atoms with Crippen LogP contribution in [0.5, 0.6) is 0 Å². The molecule has 2 nitrogen and oxygen atoms in total. The van der Waals surface area contributed by atoms with Gasteiger partial charge < -0.3 is 5.32 Å². The molecule has 2 rings (SSSR count). The van der Waals surface area contributed by atoms with Crippen molar-refractivity contribution in [2.45, 2.75) is 45.1 Å². The predicted molar refractivity (Wildman–Crippen MR) is 67.4 cm³/mol. The monoisotopic (exact) mass is 218 g/mol. The Morgan fingerprint density at radius 3 is 2.94 bits per heavy atom. The normalized spacial score (nSPS) is 17.3. The molecule has 0 aromatic carbocycles. The lowest BCUT2D eigenvalue weighted by Gasteiger charge is -2.16. The van der Waals surface area contributed by atoms with Crippen LogP contribution in [-0.4, -0.2) is 17.6 Å². The van der Waals surface area contributed by atoms with E-state index in [4.69, 9.17) is 0 Å². The summed E-state index contributed by atoms with van der Waals surface area (Å²) < 4.78 is 0. The molecule has 1 atom stereocenters. The fourth-order valence-corrected chi connectivity index (χ4v) is 2.10. The quantitative estimate of drug-likeness (QED) is 0.761. The summed E-state index contributed by atoms with van der Waals surface area (Å²) in [5, 5.41) is 3.65. The van der Waals surface area contributed by atoms with Crippen molar-refractivity contribution in [1.29, 1.82) is 0 Å². The molecule has 1 saturated carbocycles. The van der Waals surface area contributed by atoms with Gasteiger partial charge >= 0.3 is 0 Å². The lowest BCUT2D eigenvalue weighted by atomic mass is 10.1. The molecule has 1 heterocycles. The Kier molecular flexibility index (Phi) is 4.34. The number of hydrogen-bond acceptors (Lipinski definition) is 2. The summed E-state index contributed by atoms with van der Waals surface area (Å²) in [5.74, 6) is 1.02. The van der Waals surface area contributed by atoms with E-state index in [0.717, 1.165) is 24.9 Å². The van der Waals surface area contributed by atoms with Gasteiger partial charge in [0.25, 0.3) is 0 Å². The van der Waals surface area contributed by atoms with Crippen molar-refractivity contribution in [2.24, 2.45) is 5.92 Å². The molecule has 1 aromatic rings. The molecule has 0 amide bonds. The predicted octanol–water partition coefficient (Wildman–Crippen LogP) is 2.79. The lowest BCUT2D eigenvalue weighted by Crippen LogP contribution is -2.30. The van der Waals surface area contributed by atoms with Crippen LogP contribution in [0.1, 0.15) is 38.3 Å². The second-order valence-corrected chi connectivity index (χ2v) is 4.81. The lowest BCUT2D eigenvalue weighted by molar-refractivity contribution is 0.448. The number of pyridine rings is 1. The molecule has 0 radical (unpaired) electrons. The third-order valence-corrected chi connectivity index (χ3v) is 3.35. The van der Waals surface area contributed by atoms with Crippen LogP contribution in [-0.2, 0) is 6.42 Å². The Morgan fingerprint density at radius 1 is 1.44 bits per heavy atom. The van der Waals surface area contributed by atoms with Crippen molar-refractivity contribution in [3.8, 4) is 0 Å². The van der Waals surface area contributed by atoms with Gasteiger partial charge in [0.15, 0.2) is 0 Å². The zero-order chi connectivity index (χ0) is 11.2. The Bertz CT molecular complexity index is 293. The van der Waals surface area contributed by atoms with E-state index in [2.05, 4.69) is 29.4 Å². The van der Waals surface area contributed by atoms with E-state index in [0.29, 0.717) is 0 Å². The highest BCUT2D eigenvalue weighted by atomic mass is 14.9. The molecule has 16 heavy (non-hydrogen) atoms. The molecule has 0 aliphatic heterocycles. The van der Waals surface area contributed by atoms with Gasteiger partial charge in [-0.1, -0.05) is 25.8 Å². The Morgan fingerprint density at radius 2 is 2.31 bits per heavy atom. The van der Waals surface area contributed by atoms with E-state index in [-0.39, 0.29) is 0 Å². The molecule has 88 valence electrons. The van der Waals surface area contributed by atoms with Crippen LogP contribution >= 0.6 is 0 Å². The summed E-state index contributed by atoms with van der Waals surface area (Å²) in [6.07, 6.45) is 8.45. The minimum atomic E-state index is 0.719. The molecule has 1 aliphatic rings. The van der Waals surface area contributed by atoms with E-state index in [1.165, 1.54) is 31.4 Å². The Balaban J connectivity index is 1.65. The van der Waals surface area contributed by atoms with Crippen molar-refractivity contribution < 1.29 is 0 Å². The first-order valence-corrected chi connectivity index (χ1v) is 6.51. The fraction of sp³-hybridized carbons (Fsp3) is 0.643. The number of nitrogens with one attached hydrogen (secondary N) is 1. The number of hydrogen-bond donors (Lipinski definition) is 1. The highest BCUT2D eigenvalue weighted by Crippen LogP contribution is 2.33. The molecule has 0 bridgehead atoms. The molecule has 1 aliphatic carbocycles. The van der Waals surface area contributed by atoms with E-state index in [1.807, 2.05) is 12.3 Å². The largest absolute Gasteiger partial charge is 0.314 e. The molecule has 1 aromatic heterocycles. The number of aromatic nitrogens is 1. The molecular formula is C14H22N2. The van der Waals surface area contributed by atoms with E-state index in [9.17, 15) is 0 Å². The average molecular weight is 218 g/mol. The summed E-state index contributed by atoms with van der Waals surface area (Å²) in [5.41, 5.74) is 1.19. The third kappa shape index (κ3) is 3.93. The molecule has 1 fully saturated rings. The van der Waals surface area contributed by atoms with Crippen LogP contribution < -0.4 is 5.32 Å². The van der Waals surface area contributed by atoms with Gasteiger partial charge in [-0.2, -0.15) is 0 Å². The van der Waals surface area contributed by atoms with E-state index >= 15 is 0 Å². The van der Waals surface area contributed by atoms with Crippen LogP contribution in [0.4, 0.5) is 0 Å². The van der Waals surface area contributed by atoms with Crippen molar-refractivity contribution in [3.05, 3.63) is 30.1 Å². The molecule has 0 spiro atoms. The first-order chi connectivity index (χ1) is 7.88. The van der Waals surface area contributed by atoms with Crippen LogP contribution in [0.15, 0.2) is 24.4 Å². The maximum Gasteiger partial charge on any atom is 0.0416 e. The summed E-state index contributed by atoms with van der Waals surface area (Å²) in [6.45, 7) is 3.34. The van der Waals surface area contributed by atoms with E-state index in [1.54, 1.807) is 0 Å². The highest BCUT2D eigenvalue weighted by Gasteiger charge is 2.24. The first-order valence-electron chi connectivity index (χ1n) is 6.51. The number of nitrogens with zero attached hydrogens (tertiary/aromatic N) is 1. The SMILES string of the molecule is CCC(CC1CC1)NCCc1ccccn1. The van der Waals surface area contributed by atoms with Crippen LogP contribution in [0.2, 0.25) is 0 Å². The molecule has 0 saturated heterocycles. The van der Waals surface area contributed by atoms with Crippen LogP contribution in [0.25, 0.3) is 0 Å². The van der Waals surface area contributed by atoms with Gasteiger partial charge in [-0.25, -0.2) is 0 Å². The Hall–Kier alpha value is -0.890. The van der Waals surface area contributed by atoms with Crippen molar-refractivity contribution in [2.75, 3.05) is 6.54 Å². The molecular weight excluding hydrogens is 196 g/mol. The third-order valence-electron chi connectivity index (χ3n) is 3.35.